The molecule has 0 aliphatic heterocycles. The first kappa shape index (κ1) is 17.0. The molecule has 0 saturated carbocycles. The zero-order chi connectivity index (χ0) is 15.6. The van der Waals surface area contributed by atoms with Gasteiger partial charge in [0.2, 0.25) is 5.09 Å². The minimum Gasteiger partial charge on any atom is -0.447 e. The maximum Gasteiger partial charge on any atom is 0.402 e. The Balaban J connectivity index is 2.71. The third-order valence-corrected chi connectivity index (χ3v) is 3.43. The van der Waals surface area contributed by atoms with Crippen molar-refractivity contribution >= 4 is 10.0 Å². The molecule has 0 bridgehead atoms. The van der Waals surface area contributed by atoms with E-state index in [1.807, 2.05) is 20.8 Å². The molecule has 9 heteroatoms. The summed E-state index contributed by atoms with van der Waals surface area (Å²) in [4.78, 5) is 0. The maximum atomic E-state index is 12.0. The smallest absolute Gasteiger partial charge is 0.402 e. The number of alkyl halides is 3. The highest BCUT2D eigenvalue weighted by Gasteiger charge is 2.31. The van der Waals surface area contributed by atoms with Crippen LogP contribution in [-0.2, 0) is 16.6 Å². The summed E-state index contributed by atoms with van der Waals surface area (Å²) in [6, 6.07) is 2.53. The molecule has 1 aromatic heterocycles. The summed E-state index contributed by atoms with van der Waals surface area (Å²) in [6.45, 7) is 4.39. The van der Waals surface area contributed by atoms with Gasteiger partial charge >= 0.3 is 6.18 Å². The zero-order valence-corrected chi connectivity index (χ0v) is 12.2. The first-order valence-corrected chi connectivity index (χ1v) is 7.27. The molecule has 0 amide bonds. The van der Waals surface area contributed by atoms with Crippen LogP contribution in [0.4, 0.5) is 13.2 Å². The van der Waals surface area contributed by atoms with Crippen molar-refractivity contribution in [2.24, 2.45) is 0 Å². The van der Waals surface area contributed by atoms with Crippen LogP contribution in [0.15, 0.2) is 21.6 Å². The Kier molecular flexibility index (Phi) is 4.88. The Morgan fingerprint density at radius 1 is 1.20 bits per heavy atom. The largest absolute Gasteiger partial charge is 0.447 e. The molecule has 2 N–H and O–H groups in total. The van der Waals surface area contributed by atoms with E-state index in [0.29, 0.717) is 5.76 Å². The SMILES string of the molecule is CC(C)(C)NCc1ccc(S(=O)(=O)NCC(F)(F)F)o1. The molecule has 0 fully saturated rings. The van der Waals surface area contributed by atoms with Crippen molar-refractivity contribution in [3.63, 3.8) is 0 Å². The van der Waals surface area contributed by atoms with Crippen LogP contribution in [0.2, 0.25) is 0 Å². The normalized spacial score (nSPS) is 13.7. The molecule has 0 unspecified atom stereocenters. The maximum absolute atomic E-state index is 12.0. The Labute approximate surface area is 115 Å². The Hall–Kier alpha value is -1.06. The second-order valence-corrected chi connectivity index (χ2v) is 6.96. The van der Waals surface area contributed by atoms with Crippen LogP contribution in [-0.4, -0.2) is 26.7 Å². The van der Waals surface area contributed by atoms with Gasteiger partial charge in [0.25, 0.3) is 10.0 Å². The molecule has 0 atom stereocenters. The highest BCUT2D eigenvalue weighted by atomic mass is 32.2. The van der Waals surface area contributed by atoms with Crippen LogP contribution in [0.1, 0.15) is 26.5 Å². The van der Waals surface area contributed by atoms with E-state index in [4.69, 9.17) is 4.42 Å². The van der Waals surface area contributed by atoms with E-state index in [0.717, 1.165) is 6.07 Å². The lowest BCUT2D eigenvalue weighted by atomic mass is 10.1. The van der Waals surface area contributed by atoms with Crippen LogP contribution in [0.5, 0.6) is 0 Å². The van der Waals surface area contributed by atoms with Crippen LogP contribution in [0, 0.1) is 0 Å². The fourth-order valence-electron chi connectivity index (χ4n) is 1.20. The van der Waals surface area contributed by atoms with Gasteiger partial charge in [0, 0.05) is 5.54 Å². The topological polar surface area (TPSA) is 71.3 Å². The Morgan fingerprint density at radius 3 is 2.30 bits per heavy atom. The predicted molar refractivity (Wildman–Crippen MR) is 66.5 cm³/mol. The van der Waals surface area contributed by atoms with Crippen molar-refractivity contribution in [2.75, 3.05) is 6.54 Å². The molecule has 0 aliphatic carbocycles. The molecule has 0 aliphatic rings. The van der Waals surface area contributed by atoms with Crippen molar-refractivity contribution in [2.45, 2.75) is 44.1 Å². The summed E-state index contributed by atoms with van der Waals surface area (Å²) in [7, 11) is -4.29. The van der Waals surface area contributed by atoms with Crippen molar-refractivity contribution < 1.29 is 26.0 Å². The van der Waals surface area contributed by atoms with Crippen molar-refractivity contribution in [3.05, 3.63) is 17.9 Å². The first-order chi connectivity index (χ1) is 8.89. The average Bonchev–Trinajstić information content (AvgIpc) is 2.71. The standard InChI is InChI=1S/C11H17F3N2O3S/c1-10(2,3)15-6-8-4-5-9(19-8)20(17,18)16-7-11(12,13)14/h4-5,15-16H,6-7H2,1-3H3. The summed E-state index contributed by atoms with van der Waals surface area (Å²) in [6.07, 6.45) is -4.61. The Bertz CT molecular complexity index is 544. The van der Waals surface area contributed by atoms with E-state index in [2.05, 4.69) is 5.32 Å². The lowest BCUT2D eigenvalue weighted by Gasteiger charge is -2.19. The van der Waals surface area contributed by atoms with Gasteiger partial charge in [0.1, 0.15) is 12.3 Å². The molecule has 1 heterocycles. The average molecular weight is 314 g/mol. The highest BCUT2D eigenvalue weighted by molar-refractivity contribution is 7.89. The summed E-state index contributed by atoms with van der Waals surface area (Å²) < 4.78 is 65.6. The van der Waals surface area contributed by atoms with Crippen molar-refractivity contribution in [3.8, 4) is 0 Å². The molecular formula is C11H17F3N2O3S. The molecule has 0 aromatic carbocycles. The molecule has 116 valence electrons. The lowest BCUT2D eigenvalue weighted by Crippen LogP contribution is -2.35. The van der Waals surface area contributed by atoms with Crippen molar-refractivity contribution in [1.82, 2.24) is 10.0 Å². The Morgan fingerprint density at radius 2 is 1.80 bits per heavy atom. The van der Waals surface area contributed by atoms with Crippen LogP contribution >= 0.6 is 0 Å². The van der Waals surface area contributed by atoms with Gasteiger partial charge in [-0.2, -0.15) is 17.9 Å². The summed E-state index contributed by atoms with van der Waals surface area (Å²) in [5, 5.41) is 2.54. The molecule has 0 saturated heterocycles. The van der Waals surface area contributed by atoms with Gasteiger partial charge in [-0.1, -0.05) is 0 Å². The molecule has 0 spiro atoms. The molecule has 20 heavy (non-hydrogen) atoms. The van der Waals surface area contributed by atoms with Crippen molar-refractivity contribution in [1.29, 1.82) is 0 Å². The number of furan rings is 1. The number of rotatable bonds is 5. The lowest BCUT2D eigenvalue weighted by molar-refractivity contribution is -0.121. The van der Waals surface area contributed by atoms with Crippen LogP contribution < -0.4 is 10.0 Å². The van der Waals surface area contributed by atoms with Crippen LogP contribution in [0.3, 0.4) is 0 Å². The fraction of sp³-hybridized carbons (Fsp3) is 0.636. The van der Waals surface area contributed by atoms with Gasteiger partial charge in [-0.15, -0.1) is 0 Å². The molecular weight excluding hydrogens is 297 g/mol. The molecule has 1 aromatic rings. The minimum atomic E-state index is -4.61. The second-order valence-electron chi connectivity index (χ2n) is 5.26. The van der Waals surface area contributed by atoms with Gasteiger partial charge in [0.05, 0.1) is 6.54 Å². The first-order valence-electron chi connectivity index (χ1n) is 5.79. The molecule has 1 rings (SSSR count). The summed E-state index contributed by atoms with van der Waals surface area (Å²) in [5.74, 6) is 0.326. The minimum absolute atomic E-state index is 0.194. The van der Waals surface area contributed by atoms with E-state index < -0.39 is 27.8 Å². The summed E-state index contributed by atoms with van der Waals surface area (Å²) in [5.41, 5.74) is -0.194. The highest BCUT2D eigenvalue weighted by Crippen LogP contribution is 2.17. The fourth-order valence-corrected chi connectivity index (χ4v) is 2.16. The molecule has 0 radical (unpaired) electrons. The summed E-state index contributed by atoms with van der Waals surface area (Å²) >= 11 is 0. The quantitative estimate of drug-likeness (QED) is 0.872. The molecule has 5 nitrogen and oxygen atoms in total. The van der Waals surface area contributed by atoms with E-state index >= 15 is 0 Å². The van der Waals surface area contributed by atoms with Crippen LogP contribution in [0.25, 0.3) is 0 Å². The van der Waals surface area contributed by atoms with E-state index in [9.17, 15) is 21.6 Å². The predicted octanol–water partition coefficient (Wildman–Crippen LogP) is 2.01. The number of halogens is 3. The number of sulfonamides is 1. The van der Waals surface area contributed by atoms with Gasteiger partial charge < -0.3 is 9.73 Å². The van der Waals surface area contributed by atoms with Gasteiger partial charge in [-0.25, -0.2) is 8.42 Å². The van der Waals surface area contributed by atoms with Gasteiger partial charge in [-0.05, 0) is 32.9 Å². The zero-order valence-electron chi connectivity index (χ0n) is 11.3. The van der Waals surface area contributed by atoms with E-state index in [-0.39, 0.29) is 12.1 Å². The van der Waals surface area contributed by atoms with Gasteiger partial charge in [-0.3, -0.25) is 0 Å². The number of nitrogens with one attached hydrogen (secondary N) is 2. The number of hydrogen-bond acceptors (Lipinski definition) is 4. The third-order valence-electron chi connectivity index (χ3n) is 2.16. The van der Waals surface area contributed by atoms with E-state index in [1.54, 1.807) is 0 Å². The monoisotopic (exact) mass is 314 g/mol. The third kappa shape index (κ3) is 5.93. The number of hydrogen-bond donors (Lipinski definition) is 2. The second kappa shape index (κ2) is 5.74. The van der Waals surface area contributed by atoms with Gasteiger partial charge in [0.15, 0.2) is 0 Å². The van der Waals surface area contributed by atoms with E-state index in [1.165, 1.54) is 10.8 Å².